The summed E-state index contributed by atoms with van der Waals surface area (Å²) >= 11 is 0. The van der Waals surface area contributed by atoms with E-state index >= 15 is 0 Å². The smallest absolute Gasteiger partial charge is 0.320 e. The molecule has 0 radical (unpaired) electrons. The first-order valence-corrected chi connectivity index (χ1v) is 6.91. The molecule has 0 aromatic rings. The molecule has 2 rings (SSSR count). The van der Waals surface area contributed by atoms with Crippen LogP contribution in [-0.4, -0.2) is 55.1 Å². The Bertz CT molecular complexity index is 255. The van der Waals surface area contributed by atoms with Gasteiger partial charge in [-0.25, -0.2) is 4.79 Å². The number of nitrogens with zero attached hydrogens (tertiary/aromatic N) is 2. The minimum atomic E-state index is 0.227. The normalized spacial score (nSPS) is 26.9. The maximum atomic E-state index is 12.3. The highest BCUT2D eigenvalue weighted by Crippen LogP contribution is 2.18. The summed E-state index contributed by atoms with van der Waals surface area (Å²) in [6, 6.07) is 0.612. The Balaban J connectivity index is 1.85. The van der Waals surface area contributed by atoms with E-state index in [-0.39, 0.29) is 6.03 Å². The van der Waals surface area contributed by atoms with Gasteiger partial charge in [0.1, 0.15) is 0 Å². The zero-order valence-corrected chi connectivity index (χ0v) is 11.1. The number of carbonyl (C=O) groups is 1. The Labute approximate surface area is 104 Å². The van der Waals surface area contributed by atoms with E-state index in [0.29, 0.717) is 6.04 Å². The van der Waals surface area contributed by atoms with E-state index in [2.05, 4.69) is 12.2 Å². The van der Waals surface area contributed by atoms with Crippen LogP contribution < -0.4 is 5.32 Å². The van der Waals surface area contributed by atoms with Crippen molar-refractivity contribution in [2.75, 3.05) is 33.2 Å². The van der Waals surface area contributed by atoms with Gasteiger partial charge in [-0.15, -0.1) is 0 Å². The standard InChI is InChI=1S/C13H25N3O/c1-11-5-8-16(9-6-11)13(17)15(2)12-4-3-7-14-10-12/h11-12,14H,3-10H2,1-2H3. The molecule has 0 aliphatic carbocycles. The molecule has 2 heterocycles. The number of amides is 2. The fourth-order valence-electron chi connectivity index (χ4n) is 2.74. The number of piperidine rings is 2. The van der Waals surface area contributed by atoms with Crippen molar-refractivity contribution in [1.82, 2.24) is 15.1 Å². The third-order valence-corrected chi connectivity index (χ3v) is 4.17. The molecule has 2 aliphatic heterocycles. The van der Waals surface area contributed by atoms with Crippen LogP contribution in [0.4, 0.5) is 4.79 Å². The number of urea groups is 1. The van der Waals surface area contributed by atoms with Crippen molar-refractivity contribution in [2.24, 2.45) is 5.92 Å². The molecule has 17 heavy (non-hydrogen) atoms. The van der Waals surface area contributed by atoms with Gasteiger partial charge in [0.15, 0.2) is 0 Å². The first-order chi connectivity index (χ1) is 8.18. The molecule has 1 atom stereocenters. The maximum absolute atomic E-state index is 12.3. The van der Waals surface area contributed by atoms with Crippen molar-refractivity contribution < 1.29 is 4.79 Å². The zero-order chi connectivity index (χ0) is 12.3. The molecular weight excluding hydrogens is 214 g/mol. The van der Waals surface area contributed by atoms with Gasteiger partial charge in [-0.1, -0.05) is 6.92 Å². The number of rotatable bonds is 1. The lowest BCUT2D eigenvalue weighted by atomic mass is 9.99. The number of nitrogens with one attached hydrogen (secondary N) is 1. The second kappa shape index (κ2) is 5.71. The van der Waals surface area contributed by atoms with Gasteiger partial charge in [0.25, 0.3) is 0 Å². The highest BCUT2D eigenvalue weighted by atomic mass is 16.2. The van der Waals surface area contributed by atoms with Crippen molar-refractivity contribution in [2.45, 2.75) is 38.6 Å². The minimum Gasteiger partial charge on any atom is -0.325 e. The van der Waals surface area contributed by atoms with Gasteiger partial charge in [-0.3, -0.25) is 0 Å². The van der Waals surface area contributed by atoms with Crippen molar-refractivity contribution in [1.29, 1.82) is 0 Å². The van der Waals surface area contributed by atoms with Crippen molar-refractivity contribution in [3.8, 4) is 0 Å². The van der Waals surface area contributed by atoms with Crippen LogP contribution in [0.1, 0.15) is 32.6 Å². The predicted molar refractivity (Wildman–Crippen MR) is 69.0 cm³/mol. The Morgan fingerprint density at radius 3 is 2.59 bits per heavy atom. The van der Waals surface area contributed by atoms with Gasteiger partial charge in [0, 0.05) is 32.7 Å². The molecule has 2 saturated heterocycles. The van der Waals surface area contributed by atoms with Crippen LogP contribution in [0, 0.1) is 5.92 Å². The molecule has 2 amide bonds. The van der Waals surface area contributed by atoms with E-state index in [1.165, 1.54) is 6.42 Å². The summed E-state index contributed by atoms with van der Waals surface area (Å²) in [5, 5.41) is 3.37. The lowest BCUT2D eigenvalue weighted by molar-refractivity contribution is 0.122. The zero-order valence-electron chi connectivity index (χ0n) is 11.1. The molecule has 0 saturated carbocycles. The topological polar surface area (TPSA) is 35.6 Å². The number of likely N-dealkylation sites (N-methyl/N-ethyl adjacent to an activating group) is 1. The van der Waals surface area contributed by atoms with Crippen LogP contribution in [0.5, 0.6) is 0 Å². The summed E-state index contributed by atoms with van der Waals surface area (Å²) in [6.07, 6.45) is 4.63. The van der Waals surface area contributed by atoms with Crippen LogP contribution >= 0.6 is 0 Å². The molecule has 4 heteroatoms. The third kappa shape index (κ3) is 3.12. The van der Waals surface area contributed by atoms with E-state index in [1.807, 2.05) is 16.8 Å². The third-order valence-electron chi connectivity index (χ3n) is 4.17. The van der Waals surface area contributed by atoms with Crippen molar-refractivity contribution >= 4 is 6.03 Å². The molecule has 2 fully saturated rings. The summed E-state index contributed by atoms with van der Waals surface area (Å²) in [5.41, 5.74) is 0. The molecule has 0 aromatic heterocycles. The summed E-state index contributed by atoms with van der Waals surface area (Å²) in [7, 11) is 1.96. The van der Waals surface area contributed by atoms with Gasteiger partial charge >= 0.3 is 6.03 Å². The summed E-state index contributed by atoms with van der Waals surface area (Å²) in [4.78, 5) is 16.3. The average molecular weight is 239 g/mol. The SMILES string of the molecule is CC1CCN(C(=O)N(C)C2CCCNC2)CC1. The van der Waals surface area contributed by atoms with Crippen molar-refractivity contribution in [3.63, 3.8) is 0 Å². The molecule has 98 valence electrons. The van der Waals surface area contributed by atoms with Crippen molar-refractivity contribution in [3.05, 3.63) is 0 Å². The number of hydrogen-bond donors (Lipinski definition) is 1. The van der Waals surface area contributed by atoms with E-state index in [4.69, 9.17) is 0 Å². The fraction of sp³-hybridized carbons (Fsp3) is 0.923. The lowest BCUT2D eigenvalue weighted by Crippen LogP contribution is -2.52. The number of likely N-dealkylation sites (tertiary alicyclic amines) is 1. The van der Waals surface area contributed by atoms with Gasteiger partial charge in [-0.2, -0.15) is 0 Å². The van der Waals surface area contributed by atoms with E-state index in [0.717, 1.165) is 51.4 Å². The second-order valence-electron chi connectivity index (χ2n) is 5.56. The van der Waals surface area contributed by atoms with Crippen LogP contribution in [0.3, 0.4) is 0 Å². The van der Waals surface area contributed by atoms with Gasteiger partial charge < -0.3 is 15.1 Å². The first kappa shape index (κ1) is 12.7. The lowest BCUT2D eigenvalue weighted by Gasteiger charge is -2.38. The van der Waals surface area contributed by atoms with E-state index in [9.17, 15) is 4.79 Å². The van der Waals surface area contributed by atoms with E-state index in [1.54, 1.807) is 0 Å². The van der Waals surface area contributed by atoms with Crippen LogP contribution in [0.15, 0.2) is 0 Å². The van der Waals surface area contributed by atoms with Gasteiger partial charge in [0.05, 0.1) is 0 Å². The number of carbonyl (C=O) groups excluding carboxylic acids is 1. The summed E-state index contributed by atoms with van der Waals surface area (Å²) in [5.74, 6) is 0.778. The molecule has 0 aromatic carbocycles. The number of hydrogen-bond acceptors (Lipinski definition) is 2. The molecule has 4 nitrogen and oxygen atoms in total. The van der Waals surface area contributed by atoms with Gasteiger partial charge in [-0.05, 0) is 38.1 Å². The van der Waals surface area contributed by atoms with E-state index < -0.39 is 0 Å². The highest BCUT2D eigenvalue weighted by Gasteiger charge is 2.27. The molecular formula is C13H25N3O. The highest BCUT2D eigenvalue weighted by molar-refractivity contribution is 5.74. The summed E-state index contributed by atoms with van der Waals surface area (Å²) < 4.78 is 0. The monoisotopic (exact) mass is 239 g/mol. The first-order valence-electron chi connectivity index (χ1n) is 6.91. The maximum Gasteiger partial charge on any atom is 0.320 e. The Morgan fingerprint density at radius 2 is 2.00 bits per heavy atom. The Kier molecular flexibility index (Phi) is 4.26. The minimum absolute atomic E-state index is 0.227. The molecule has 1 unspecified atom stereocenters. The predicted octanol–water partition coefficient (Wildman–Crippen LogP) is 1.52. The Hall–Kier alpha value is -0.770. The average Bonchev–Trinajstić information content (AvgIpc) is 2.39. The fourth-order valence-corrected chi connectivity index (χ4v) is 2.74. The van der Waals surface area contributed by atoms with Crippen LogP contribution in [-0.2, 0) is 0 Å². The molecule has 2 aliphatic rings. The Morgan fingerprint density at radius 1 is 1.29 bits per heavy atom. The van der Waals surface area contributed by atoms with Gasteiger partial charge in [0.2, 0.25) is 0 Å². The molecule has 0 bridgehead atoms. The summed E-state index contributed by atoms with van der Waals surface area (Å²) in [6.45, 7) is 6.19. The quantitative estimate of drug-likeness (QED) is 0.753. The molecule has 1 N–H and O–H groups in total. The largest absolute Gasteiger partial charge is 0.325 e. The van der Waals surface area contributed by atoms with Crippen LogP contribution in [0.25, 0.3) is 0 Å². The van der Waals surface area contributed by atoms with Crippen LogP contribution in [0.2, 0.25) is 0 Å². The molecule has 0 spiro atoms. The second-order valence-corrected chi connectivity index (χ2v) is 5.56.